The van der Waals surface area contributed by atoms with Gasteiger partial charge in [-0.05, 0) is 117 Å². The van der Waals surface area contributed by atoms with Gasteiger partial charge in [0.2, 0.25) is 17.7 Å². The van der Waals surface area contributed by atoms with E-state index in [0.29, 0.717) is 73.2 Å². The first-order valence-corrected chi connectivity index (χ1v) is 33.0. The van der Waals surface area contributed by atoms with Crippen LogP contribution in [0.2, 0.25) is 0 Å². The van der Waals surface area contributed by atoms with Gasteiger partial charge >= 0.3 is 5.97 Å². The number of aliphatic hydroxyl groups is 3. The van der Waals surface area contributed by atoms with Crippen LogP contribution >= 0.6 is 0 Å². The van der Waals surface area contributed by atoms with Gasteiger partial charge in [-0.1, -0.05) is 179 Å². The highest BCUT2D eigenvalue weighted by molar-refractivity contribution is 5.86. The third-order valence-corrected chi connectivity index (χ3v) is 13.9. The normalized spacial score (nSPS) is 17.9. The van der Waals surface area contributed by atoms with Gasteiger partial charge in [-0.2, -0.15) is 0 Å². The molecule has 536 valence electrons. The van der Waals surface area contributed by atoms with Gasteiger partial charge in [0.25, 0.3) is 0 Å². The van der Waals surface area contributed by atoms with Crippen LogP contribution < -0.4 is 37.5 Å². The first-order chi connectivity index (χ1) is 41.0. The monoisotopic (exact) mass is 1300 g/mol. The van der Waals surface area contributed by atoms with E-state index in [1.54, 1.807) is 0 Å². The Morgan fingerprint density at radius 2 is 1.18 bits per heavy atom. The Bertz CT molecular complexity index is 2180. The fourth-order valence-electron chi connectivity index (χ4n) is 7.53. The summed E-state index contributed by atoms with van der Waals surface area (Å²) < 4.78 is 16.8. The summed E-state index contributed by atoms with van der Waals surface area (Å²) in [7, 11) is 1.84. The van der Waals surface area contributed by atoms with Crippen LogP contribution in [0.3, 0.4) is 0 Å². The van der Waals surface area contributed by atoms with Crippen molar-refractivity contribution in [2.45, 2.75) is 281 Å². The van der Waals surface area contributed by atoms with Crippen LogP contribution in [0.4, 0.5) is 0 Å². The summed E-state index contributed by atoms with van der Waals surface area (Å²) >= 11 is 0. The van der Waals surface area contributed by atoms with Crippen LogP contribution in [0.1, 0.15) is 244 Å². The second-order valence-corrected chi connectivity index (χ2v) is 32.9. The predicted octanol–water partition coefficient (Wildman–Crippen LogP) is 12.2. The molecule has 2 heterocycles. The highest BCUT2D eigenvalue weighted by atomic mass is 16.6. The molecule has 2 aliphatic heterocycles. The van der Waals surface area contributed by atoms with E-state index < -0.39 is 11.5 Å². The molecular formula is C73H142N6O12. The molecular weight excluding hydrogens is 1150 g/mol. The molecule has 0 aromatic heterocycles. The summed E-state index contributed by atoms with van der Waals surface area (Å²) in [5, 5.41) is 58.8. The summed E-state index contributed by atoms with van der Waals surface area (Å²) in [6.45, 7) is 63.6. The van der Waals surface area contributed by atoms with Crippen molar-refractivity contribution in [2.75, 3.05) is 52.9 Å². The number of rotatable bonds is 15. The van der Waals surface area contributed by atoms with Crippen LogP contribution in [-0.2, 0) is 35.1 Å². The fourth-order valence-corrected chi connectivity index (χ4v) is 7.53. The molecule has 1 saturated heterocycles. The number of benzene rings is 1. The Kier molecular flexibility index (Phi) is 47.9. The summed E-state index contributed by atoms with van der Waals surface area (Å²) in [6, 6.07) is 2.73. The van der Waals surface area contributed by atoms with Crippen LogP contribution in [0.25, 0.3) is 0 Å². The number of terminal acetylenes is 1. The number of amides is 3. The molecule has 0 bridgehead atoms. The topological polar surface area (TPSA) is 297 Å². The number of aliphatic hydroxyl groups excluding tert-OH is 3. The third kappa shape index (κ3) is 55.7. The van der Waals surface area contributed by atoms with Crippen molar-refractivity contribution in [1.82, 2.24) is 21.3 Å². The highest BCUT2D eigenvalue weighted by Gasteiger charge is 2.39. The summed E-state index contributed by atoms with van der Waals surface area (Å²) in [5.74, 6) is 3.02. The Hall–Kier alpha value is -4.48. The van der Waals surface area contributed by atoms with Gasteiger partial charge in [-0.3, -0.25) is 19.2 Å². The van der Waals surface area contributed by atoms with Crippen LogP contribution in [0.15, 0.2) is 24.8 Å². The minimum atomic E-state index is -0.655. The Labute approximate surface area is 556 Å². The number of esters is 1. The number of carbonyl (C=O) groups is 4. The Balaban J connectivity index is -0.000000315. The lowest BCUT2D eigenvalue weighted by Gasteiger charge is -2.38. The molecule has 3 amide bonds. The third-order valence-electron chi connectivity index (χ3n) is 13.9. The summed E-state index contributed by atoms with van der Waals surface area (Å²) in [6.07, 6.45) is 12.1. The minimum absolute atomic E-state index is 0.00299. The van der Waals surface area contributed by atoms with E-state index in [2.05, 4.69) is 131 Å². The smallest absolute Gasteiger partial charge is 0.311 e. The maximum Gasteiger partial charge on any atom is 0.311 e. The van der Waals surface area contributed by atoms with Gasteiger partial charge in [-0.25, -0.2) is 0 Å². The zero-order valence-corrected chi connectivity index (χ0v) is 63.1. The first kappa shape index (κ1) is 95.2. The first-order valence-electron chi connectivity index (χ1n) is 33.0. The number of fused-ring (bicyclic) bond motifs is 1. The van der Waals surface area contributed by atoms with E-state index in [1.165, 1.54) is 18.2 Å². The molecule has 5 unspecified atom stereocenters. The number of carbonyl (C=O) groups excluding carboxylic acids is 4. The lowest BCUT2D eigenvalue weighted by atomic mass is 9.82. The second kappa shape index (κ2) is 45.8. The lowest BCUT2D eigenvalue weighted by molar-refractivity contribution is -0.171. The number of hydrogen-bond donors (Lipinski definition) is 11. The number of phenolic OH excluding ortho intramolecular Hbond substituents is 2. The average Bonchev–Trinajstić information content (AvgIpc) is 0.791. The Morgan fingerprint density at radius 3 is 1.48 bits per heavy atom. The molecule has 0 saturated carbocycles. The van der Waals surface area contributed by atoms with E-state index in [1.807, 2.05) is 97.1 Å². The summed E-state index contributed by atoms with van der Waals surface area (Å²) in [5.41, 5.74) is 11.7. The quantitative estimate of drug-likeness (QED) is 0.0442. The molecule has 18 heteroatoms. The van der Waals surface area contributed by atoms with Gasteiger partial charge in [0.1, 0.15) is 29.5 Å². The Morgan fingerprint density at radius 1 is 0.725 bits per heavy atom. The number of nitrogens with two attached hydrogens (primary N) is 2. The number of likely N-dealkylation sites (N-methyl/N-ethyl adjacent to an activating group) is 1. The van der Waals surface area contributed by atoms with Crippen molar-refractivity contribution in [1.29, 1.82) is 0 Å². The molecule has 3 rings (SSSR count). The molecule has 1 aromatic carbocycles. The maximum absolute atomic E-state index is 11.7. The average molecular weight is 1300 g/mol. The fraction of sp³-hybridized carbons (Fsp3) is 0.808. The van der Waals surface area contributed by atoms with Crippen LogP contribution in [-0.4, -0.2) is 139 Å². The van der Waals surface area contributed by atoms with Crippen molar-refractivity contribution >= 4 is 23.7 Å². The van der Waals surface area contributed by atoms with Gasteiger partial charge in [0, 0.05) is 68.7 Å². The van der Waals surface area contributed by atoms with E-state index in [4.69, 9.17) is 37.2 Å². The maximum atomic E-state index is 11.7. The number of nitrogens with one attached hydrogen (secondary N) is 4. The molecule has 0 spiro atoms. The zero-order valence-electron chi connectivity index (χ0n) is 63.1. The van der Waals surface area contributed by atoms with E-state index >= 15 is 0 Å². The van der Waals surface area contributed by atoms with E-state index in [0.717, 1.165) is 58.2 Å². The summed E-state index contributed by atoms with van der Waals surface area (Å²) in [4.78, 5) is 44.0. The molecule has 18 nitrogen and oxygen atoms in total. The number of hydrogen-bond acceptors (Lipinski definition) is 15. The molecule has 13 N–H and O–H groups in total. The standard InChI is InChI=1S/C13H18O4.C13H24O3.C10H17NO.C9H19NO.C9H17NO.C7H17NO.C6H15NO.C6H15N/c1-13(2,3)12-10(16)6-8-9(15)4-7(14)5-11(8)17-12;1-6-11-9(2)7-10(8-15-11)16-12(14)13(3,4)5;1-5-6-9(12)11-8-7-10(2,3)4;2*1-5-8(11)10-7-6-9(2,3)4;1-7(2,3)6(9)5-8-4;1-6(2,3)5(8)4-7;1-6(2,3)4-5-7/h4-5,10,12,14-16H,6H2,1-3H3;9-11H,6-8H2,1-5H3;1H,6-8H2,2-4H3,(H,11,12);5-7H2,1-4H3,(H,10,11);5H,1,6-7H2,2-4H3,(H,10,11);6,8-9H,5H2,1-4H3;5,8H,4,7H2,1-3H3;4-5,7H2,1-3H3/t;9-,10?,11+;;;;;;/m.0....../s1. The van der Waals surface area contributed by atoms with Crippen molar-refractivity contribution in [2.24, 2.45) is 60.7 Å². The molecule has 2 aliphatic rings. The van der Waals surface area contributed by atoms with Crippen LogP contribution in [0.5, 0.6) is 17.2 Å². The molecule has 7 atom stereocenters. The van der Waals surface area contributed by atoms with Crippen molar-refractivity contribution < 1.29 is 58.9 Å². The van der Waals surface area contributed by atoms with Crippen molar-refractivity contribution in [3.05, 3.63) is 30.4 Å². The van der Waals surface area contributed by atoms with Gasteiger partial charge < -0.3 is 72.5 Å². The molecule has 91 heavy (non-hydrogen) atoms. The lowest BCUT2D eigenvalue weighted by Crippen LogP contribution is -2.46. The largest absolute Gasteiger partial charge is 0.508 e. The van der Waals surface area contributed by atoms with E-state index in [9.17, 15) is 39.6 Å². The SMILES string of the molecule is C#CCC(=O)NCCC(C)(C)C.C=CC(=O)NCCC(C)(C)C.CC(C)(C)C(O)CN.CC(C)(C)C1Oc2cc(O)cc(O)c2CC1O.CC(C)(C)CCN.CCC(=O)NCCC(C)(C)C.CC[C@H]1OCC(OC(=O)C(C)(C)C)C[C@@H]1C.CNCC(O)C(C)(C)C. The predicted molar refractivity (Wildman–Crippen MR) is 379 cm³/mol. The number of phenols is 2. The van der Waals surface area contributed by atoms with Crippen molar-refractivity contribution in [3.63, 3.8) is 0 Å². The van der Waals surface area contributed by atoms with Gasteiger partial charge in [0.15, 0.2) is 0 Å². The molecule has 1 fully saturated rings. The highest BCUT2D eigenvalue weighted by Crippen LogP contribution is 2.41. The van der Waals surface area contributed by atoms with Crippen LogP contribution in [0, 0.1) is 61.6 Å². The minimum Gasteiger partial charge on any atom is -0.508 e. The second-order valence-electron chi connectivity index (χ2n) is 32.9. The van der Waals surface area contributed by atoms with Crippen molar-refractivity contribution in [3.8, 4) is 29.6 Å². The number of ether oxygens (including phenoxy) is 3. The van der Waals surface area contributed by atoms with Gasteiger partial charge in [0.05, 0.1) is 42.9 Å². The number of aromatic hydroxyl groups is 2. The van der Waals surface area contributed by atoms with E-state index in [-0.39, 0.29) is 93.1 Å². The van der Waals surface area contributed by atoms with Gasteiger partial charge in [-0.15, -0.1) is 6.42 Å². The molecule has 1 aromatic rings. The molecule has 0 radical (unpaired) electrons. The zero-order chi connectivity index (χ0) is 72.8. The molecule has 0 aliphatic carbocycles.